The highest BCUT2D eigenvalue weighted by Gasteiger charge is 2.11. The van der Waals surface area contributed by atoms with Gasteiger partial charge in [0.25, 0.3) is 0 Å². The first kappa shape index (κ1) is 13.5. The van der Waals surface area contributed by atoms with Crippen LogP contribution in [0, 0.1) is 6.92 Å². The van der Waals surface area contributed by atoms with E-state index in [2.05, 4.69) is 9.97 Å². The van der Waals surface area contributed by atoms with E-state index < -0.39 is 5.91 Å². The van der Waals surface area contributed by atoms with Gasteiger partial charge in [-0.2, -0.15) is 0 Å². The van der Waals surface area contributed by atoms with E-state index >= 15 is 0 Å². The van der Waals surface area contributed by atoms with E-state index in [0.717, 1.165) is 27.7 Å². The monoisotopic (exact) mass is 297 g/mol. The van der Waals surface area contributed by atoms with Gasteiger partial charge in [-0.15, -0.1) is 0 Å². The minimum atomic E-state index is -0.453. The van der Waals surface area contributed by atoms with Crippen LogP contribution in [-0.4, -0.2) is 15.9 Å². The van der Waals surface area contributed by atoms with Gasteiger partial charge < -0.3 is 5.73 Å². The Kier molecular flexibility index (Phi) is 3.31. The molecule has 0 aliphatic rings. The molecule has 0 aliphatic heterocycles. The maximum Gasteiger partial charge on any atom is 0.249 e. The van der Waals surface area contributed by atoms with Crippen molar-refractivity contribution in [3.05, 3.63) is 58.9 Å². The molecule has 5 heteroatoms. The normalized spacial score (nSPS) is 10.8. The van der Waals surface area contributed by atoms with Crippen molar-refractivity contribution in [1.82, 2.24) is 9.97 Å². The number of halogens is 1. The quantitative estimate of drug-likeness (QED) is 0.737. The zero-order valence-electron chi connectivity index (χ0n) is 11.3. The molecule has 0 spiro atoms. The molecule has 2 heterocycles. The Labute approximate surface area is 126 Å². The smallest absolute Gasteiger partial charge is 0.249 e. The van der Waals surface area contributed by atoms with E-state index in [1.54, 1.807) is 18.3 Å². The van der Waals surface area contributed by atoms with Crippen molar-refractivity contribution in [2.75, 3.05) is 0 Å². The number of carbonyl (C=O) groups excluding carboxylic acids is 1. The third-order valence-electron chi connectivity index (χ3n) is 3.40. The number of nitrogens with zero attached hydrogens (tertiary/aromatic N) is 2. The Balaban J connectivity index is 2.19. The standard InChI is InChI=1S/C16H12ClN3O/c1-9-12(16(18)21)6-7-19-15(9)11-2-4-13-10(8-11)3-5-14(17)20-13/h2-8H,1H3,(H2,18,21). The number of amides is 1. The number of rotatable bonds is 2. The molecule has 0 bridgehead atoms. The molecular formula is C16H12ClN3O. The number of fused-ring (bicyclic) bond motifs is 1. The molecule has 1 aromatic carbocycles. The van der Waals surface area contributed by atoms with Crippen LogP contribution in [0.1, 0.15) is 15.9 Å². The molecule has 0 unspecified atom stereocenters. The molecule has 2 aromatic heterocycles. The Hall–Kier alpha value is -2.46. The number of primary amides is 1. The average Bonchev–Trinajstić information content (AvgIpc) is 2.46. The van der Waals surface area contributed by atoms with Crippen molar-refractivity contribution < 1.29 is 4.79 Å². The van der Waals surface area contributed by atoms with Gasteiger partial charge in [0.1, 0.15) is 5.15 Å². The predicted molar refractivity (Wildman–Crippen MR) is 83.2 cm³/mol. The summed E-state index contributed by atoms with van der Waals surface area (Å²) in [6.07, 6.45) is 1.59. The minimum absolute atomic E-state index is 0.453. The summed E-state index contributed by atoms with van der Waals surface area (Å²) in [7, 11) is 0. The van der Waals surface area contributed by atoms with Gasteiger partial charge in [0.2, 0.25) is 5.91 Å². The van der Waals surface area contributed by atoms with E-state index in [9.17, 15) is 4.79 Å². The Bertz CT molecular complexity index is 861. The molecule has 4 nitrogen and oxygen atoms in total. The topological polar surface area (TPSA) is 68.9 Å². The second-order valence-electron chi connectivity index (χ2n) is 4.74. The fourth-order valence-electron chi connectivity index (χ4n) is 2.34. The molecule has 0 atom stereocenters. The van der Waals surface area contributed by atoms with Crippen molar-refractivity contribution in [2.45, 2.75) is 6.92 Å². The van der Waals surface area contributed by atoms with Crippen LogP contribution in [0.2, 0.25) is 5.15 Å². The summed E-state index contributed by atoms with van der Waals surface area (Å²) in [5.74, 6) is -0.453. The molecule has 0 radical (unpaired) electrons. The van der Waals surface area contributed by atoms with E-state index in [4.69, 9.17) is 17.3 Å². The molecular weight excluding hydrogens is 286 g/mol. The summed E-state index contributed by atoms with van der Waals surface area (Å²) in [5.41, 5.74) is 9.09. The summed E-state index contributed by atoms with van der Waals surface area (Å²) < 4.78 is 0. The van der Waals surface area contributed by atoms with Gasteiger partial charge in [0.05, 0.1) is 11.2 Å². The SMILES string of the molecule is Cc1c(C(N)=O)ccnc1-c1ccc2nc(Cl)ccc2c1. The Morgan fingerprint density at radius 3 is 2.76 bits per heavy atom. The van der Waals surface area contributed by atoms with Crippen molar-refractivity contribution in [1.29, 1.82) is 0 Å². The molecule has 21 heavy (non-hydrogen) atoms. The predicted octanol–water partition coefficient (Wildman–Crippen LogP) is 3.36. The first-order valence-electron chi connectivity index (χ1n) is 6.38. The molecule has 0 saturated carbocycles. The molecule has 104 valence electrons. The lowest BCUT2D eigenvalue weighted by molar-refractivity contribution is 0.0999. The molecule has 2 N–H and O–H groups in total. The van der Waals surface area contributed by atoms with Crippen LogP contribution in [0.3, 0.4) is 0 Å². The van der Waals surface area contributed by atoms with E-state index in [1.165, 1.54) is 0 Å². The van der Waals surface area contributed by atoms with Crippen LogP contribution in [0.5, 0.6) is 0 Å². The maximum absolute atomic E-state index is 11.4. The molecule has 0 fully saturated rings. The van der Waals surface area contributed by atoms with Crippen molar-refractivity contribution in [2.24, 2.45) is 5.73 Å². The van der Waals surface area contributed by atoms with Crippen LogP contribution < -0.4 is 5.73 Å². The van der Waals surface area contributed by atoms with Gasteiger partial charge in [-0.25, -0.2) is 4.98 Å². The van der Waals surface area contributed by atoms with Crippen LogP contribution in [0.25, 0.3) is 22.2 Å². The van der Waals surface area contributed by atoms with E-state index in [1.807, 2.05) is 31.2 Å². The van der Waals surface area contributed by atoms with Crippen molar-refractivity contribution in [3.63, 3.8) is 0 Å². The highest BCUT2D eigenvalue weighted by atomic mass is 35.5. The largest absolute Gasteiger partial charge is 0.366 e. The molecule has 3 aromatic rings. The molecule has 0 aliphatic carbocycles. The first-order valence-corrected chi connectivity index (χ1v) is 6.76. The lowest BCUT2D eigenvalue weighted by atomic mass is 10.0. The zero-order valence-corrected chi connectivity index (χ0v) is 12.1. The molecule has 0 saturated heterocycles. The second-order valence-corrected chi connectivity index (χ2v) is 5.13. The van der Waals surface area contributed by atoms with E-state index in [0.29, 0.717) is 10.7 Å². The summed E-state index contributed by atoms with van der Waals surface area (Å²) in [6, 6.07) is 11.0. The number of pyridine rings is 2. The fraction of sp³-hybridized carbons (Fsp3) is 0.0625. The lowest BCUT2D eigenvalue weighted by Gasteiger charge is -2.09. The van der Waals surface area contributed by atoms with Crippen LogP contribution >= 0.6 is 11.6 Å². The van der Waals surface area contributed by atoms with Gasteiger partial charge >= 0.3 is 0 Å². The number of carbonyl (C=O) groups is 1. The number of aromatic nitrogens is 2. The number of benzene rings is 1. The number of hydrogen-bond acceptors (Lipinski definition) is 3. The van der Waals surface area contributed by atoms with Crippen LogP contribution in [0.15, 0.2) is 42.6 Å². The third-order valence-corrected chi connectivity index (χ3v) is 3.61. The van der Waals surface area contributed by atoms with Gasteiger partial charge in [-0.05, 0) is 42.8 Å². The fourth-order valence-corrected chi connectivity index (χ4v) is 2.50. The van der Waals surface area contributed by atoms with Gasteiger partial charge in [0, 0.05) is 22.7 Å². The summed E-state index contributed by atoms with van der Waals surface area (Å²) in [5, 5.41) is 1.42. The van der Waals surface area contributed by atoms with Gasteiger partial charge in [0.15, 0.2) is 0 Å². The lowest BCUT2D eigenvalue weighted by Crippen LogP contribution is -2.13. The zero-order chi connectivity index (χ0) is 15.0. The Morgan fingerprint density at radius 1 is 1.19 bits per heavy atom. The second kappa shape index (κ2) is 5.14. The van der Waals surface area contributed by atoms with Crippen molar-refractivity contribution in [3.8, 4) is 11.3 Å². The summed E-state index contributed by atoms with van der Waals surface area (Å²) in [4.78, 5) is 20.0. The number of nitrogens with two attached hydrogens (primary N) is 1. The van der Waals surface area contributed by atoms with Gasteiger partial charge in [-0.1, -0.05) is 17.7 Å². The number of hydrogen-bond donors (Lipinski definition) is 1. The maximum atomic E-state index is 11.4. The highest BCUT2D eigenvalue weighted by Crippen LogP contribution is 2.26. The van der Waals surface area contributed by atoms with E-state index in [-0.39, 0.29) is 0 Å². The highest BCUT2D eigenvalue weighted by molar-refractivity contribution is 6.29. The van der Waals surface area contributed by atoms with Crippen LogP contribution in [-0.2, 0) is 0 Å². The first-order chi connectivity index (χ1) is 10.1. The Morgan fingerprint density at radius 2 is 2.00 bits per heavy atom. The van der Waals surface area contributed by atoms with Gasteiger partial charge in [-0.3, -0.25) is 9.78 Å². The third kappa shape index (κ3) is 2.45. The minimum Gasteiger partial charge on any atom is -0.366 e. The molecule has 1 amide bonds. The summed E-state index contributed by atoms with van der Waals surface area (Å²) >= 11 is 5.88. The summed E-state index contributed by atoms with van der Waals surface area (Å²) in [6.45, 7) is 1.84. The molecule has 3 rings (SSSR count). The average molecular weight is 298 g/mol. The van der Waals surface area contributed by atoms with Crippen LogP contribution in [0.4, 0.5) is 0 Å². The van der Waals surface area contributed by atoms with Crippen molar-refractivity contribution >= 4 is 28.4 Å².